The molecule has 0 spiro atoms. The molecule has 0 aromatic heterocycles. The Morgan fingerprint density at radius 1 is 1.31 bits per heavy atom. The van der Waals surface area contributed by atoms with Crippen LogP contribution in [-0.2, 0) is 22.0 Å². The zero-order valence-electron chi connectivity index (χ0n) is 7.62. The zero-order valence-corrected chi connectivity index (χ0v) is 9.20. The van der Waals surface area contributed by atoms with Gasteiger partial charge in [0.05, 0.1) is 10.6 Å². The van der Waals surface area contributed by atoms with E-state index in [1.54, 1.807) is 0 Å². The molecule has 1 aromatic rings. The molecule has 0 saturated carbocycles. The van der Waals surface area contributed by atoms with Crippen LogP contribution in [-0.4, -0.2) is 13.0 Å². The highest BCUT2D eigenvalue weighted by Crippen LogP contribution is 2.36. The van der Waals surface area contributed by atoms with Gasteiger partial charge in [0, 0.05) is 0 Å². The van der Waals surface area contributed by atoms with E-state index < -0.39 is 32.6 Å². The van der Waals surface area contributed by atoms with Gasteiger partial charge in [-0.15, -0.1) is 0 Å². The van der Waals surface area contributed by atoms with E-state index in [1.807, 2.05) is 0 Å². The van der Waals surface area contributed by atoms with Crippen molar-refractivity contribution in [1.29, 1.82) is 0 Å². The van der Waals surface area contributed by atoms with Crippen LogP contribution in [0.2, 0.25) is 5.02 Å². The molecule has 16 heavy (non-hydrogen) atoms. The first kappa shape index (κ1) is 13.3. The first-order valence-corrected chi connectivity index (χ1v) is 5.90. The highest BCUT2D eigenvalue weighted by atomic mass is 35.5. The summed E-state index contributed by atoms with van der Waals surface area (Å²) >= 11 is 5.40. The maximum absolute atomic E-state index is 12.4. The van der Waals surface area contributed by atoms with Gasteiger partial charge in [0.25, 0.3) is 10.1 Å². The Kier molecular flexibility index (Phi) is 3.51. The second-order valence-electron chi connectivity index (χ2n) is 3.00. The van der Waals surface area contributed by atoms with E-state index in [2.05, 4.69) is 0 Å². The third-order valence-corrected chi connectivity index (χ3v) is 2.84. The number of alkyl halides is 3. The van der Waals surface area contributed by atoms with Crippen molar-refractivity contribution >= 4 is 21.7 Å². The quantitative estimate of drug-likeness (QED) is 0.844. The van der Waals surface area contributed by atoms with Gasteiger partial charge in [0.1, 0.15) is 5.75 Å². The van der Waals surface area contributed by atoms with Crippen LogP contribution in [0.5, 0.6) is 0 Å². The predicted octanol–water partition coefficient (Wildman–Crippen LogP) is 2.75. The number of halogens is 4. The van der Waals surface area contributed by atoms with Gasteiger partial charge in [0.15, 0.2) is 0 Å². The average Bonchev–Trinajstić information content (AvgIpc) is 2.04. The molecule has 0 aliphatic carbocycles. The molecule has 90 valence electrons. The summed E-state index contributed by atoms with van der Waals surface area (Å²) in [5.41, 5.74) is -1.42. The van der Waals surface area contributed by atoms with Crippen LogP contribution < -0.4 is 0 Å². The summed E-state index contributed by atoms with van der Waals surface area (Å²) in [4.78, 5) is 0. The largest absolute Gasteiger partial charge is 0.417 e. The Morgan fingerprint density at radius 2 is 1.88 bits per heavy atom. The minimum atomic E-state index is -4.66. The lowest BCUT2D eigenvalue weighted by molar-refractivity contribution is -0.137. The molecule has 0 atom stereocenters. The lowest BCUT2D eigenvalue weighted by Gasteiger charge is -2.11. The predicted molar refractivity (Wildman–Crippen MR) is 51.7 cm³/mol. The van der Waals surface area contributed by atoms with Gasteiger partial charge in [-0.25, -0.2) is 0 Å². The van der Waals surface area contributed by atoms with Crippen molar-refractivity contribution in [2.75, 3.05) is 0 Å². The van der Waals surface area contributed by atoms with E-state index >= 15 is 0 Å². The summed E-state index contributed by atoms with van der Waals surface area (Å²) < 4.78 is 66.7. The van der Waals surface area contributed by atoms with E-state index in [0.717, 1.165) is 18.2 Å². The smallest absolute Gasteiger partial charge is 0.285 e. The molecule has 0 aliphatic rings. The molecular weight excluding hydrogens is 269 g/mol. The Morgan fingerprint density at radius 3 is 2.31 bits per heavy atom. The van der Waals surface area contributed by atoms with E-state index in [-0.39, 0.29) is 5.56 Å². The van der Waals surface area contributed by atoms with Crippen LogP contribution in [0.15, 0.2) is 18.2 Å². The van der Waals surface area contributed by atoms with Crippen molar-refractivity contribution in [2.45, 2.75) is 11.9 Å². The molecule has 0 fully saturated rings. The van der Waals surface area contributed by atoms with Crippen LogP contribution >= 0.6 is 11.6 Å². The lowest BCUT2D eigenvalue weighted by Crippen LogP contribution is -2.09. The fourth-order valence-electron chi connectivity index (χ4n) is 1.11. The van der Waals surface area contributed by atoms with Crippen LogP contribution in [0.4, 0.5) is 13.2 Å². The van der Waals surface area contributed by atoms with Crippen molar-refractivity contribution in [1.82, 2.24) is 0 Å². The van der Waals surface area contributed by atoms with E-state index in [0.29, 0.717) is 0 Å². The number of benzene rings is 1. The van der Waals surface area contributed by atoms with Crippen molar-refractivity contribution in [3.63, 3.8) is 0 Å². The second-order valence-corrected chi connectivity index (χ2v) is 4.83. The third kappa shape index (κ3) is 3.36. The number of hydrogen-bond acceptors (Lipinski definition) is 2. The van der Waals surface area contributed by atoms with Gasteiger partial charge in [-0.05, 0) is 11.6 Å². The molecule has 0 saturated heterocycles. The molecular formula is C8H6ClF3O3S. The van der Waals surface area contributed by atoms with Crippen molar-refractivity contribution < 1.29 is 26.1 Å². The molecule has 0 radical (unpaired) electrons. The fraction of sp³-hybridized carbons (Fsp3) is 0.250. The van der Waals surface area contributed by atoms with Crippen molar-refractivity contribution in [2.24, 2.45) is 0 Å². The Labute approximate surface area is 94.6 Å². The molecule has 1 rings (SSSR count). The summed E-state index contributed by atoms with van der Waals surface area (Å²) in [5.74, 6) is -0.949. The molecule has 0 aliphatic heterocycles. The molecule has 8 heteroatoms. The fourth-order valence-corrected chi connectivity index (χ4v) is 2.12. The zero-order chi connectivity index (χ0) is 12.6. The molecule has 3 nitrogen and oxygen atoms in total. The Hall–Kier alpha value is -0.790. The van der Waals surface area contributed by atoms with Crippen LogP contribution in [0.3, 0.4) is 0 Å². The van der Waals surface area contributed by atoms with E-state index in [4.69, 9.17) is 16.2 Å². The van der Waals surface area contributed by atoms with Crippen molar-refractivity contribution in [3.8, 4) is 0 Å². The standard InChI is InChI=1S/C8H6ClF3O3S/c9-7-5(4-16(13,14)15)2-1-3-6(7)8(10,11)12/h1-3H,4H2,(H,13,14,15). The first-order chi connectivity index (χ1) is 7.11. The lowest BCUT2D eigenvalue weighted by atomic mass is 10.1. The molecule has 0 bridgehead atoms. The first-order valence-electron chi connectivity index (χ1n) is 3.91. The highest BCUT2D eigenvalue weighted by Gasteiger charge is 2.34. The molecule has 1 aromatic carbocycles. The van der Waals surface area contributed by atoms with Gasteiger partial charge in [0.2, 0.25) is 0 Å². The summed E-state index contributed by atoms with van der Waals surface area (Å²) in [6.07, 6.45) is -4.66. The topological polar surface area (TPSA) is 54.4 Å². The molecule has 1 N–H and O–H groups in total. The molecule has 0 amide bonds. The normalized spacial score (nSPS) is 12.8. The van der Waals surface area contributed by atoms with Gasteiger partial charge >= 0.3 is 6.18 Å². The van der Waals surface area contributed by atoms with Gasteiger partial charge in [-0.2, -0.15) is 21.6 Å². The third-order valence-electron chi connectivity index (χ3n) is 1.72. The SMILES string of the molecule is O=S(=O)(O)Cc1cccc(C(F)(F)F)c1Cl. The van der Waals surface area contributed by atoms with Crippen LogP contribution in [0, 0.1) is 0 Å². The minimum absolute atomic E-state index is 0.293. The average molecular weight is 275 g/mol. The summed E-state index contributed by atoms with van der Waals surface area (Å²) in [6, 6.07) is 2.86. The van der Waals surface area contributed by atoms with Crippen LogP contribution in [0.1, 0.15) is 11.1 Å². The number of hydrogen-bond donors (Lipinski definition) is 1. The second kappa shape index (κ2) is 4.23. The Balaban J connectivity index is 3.25. The Bertz CT molecular complexity index is 496. The summed E-state index contributed by atoms with van der Waals surface area (Å²) in [7, 11) is -4.41. The van der Waals surface area contributed by atoms with Gasteiger partial charge < -0.3 is 0 Å². The van der Waals surface area contributed by atoms with Gasteiger partial charge in [-0.1, -0.05) is 23.7 Å². The summed E-state index contributed by atoms with van der Waals surface area (Å²) in [5, 5.41) is -0.715. The van der Waals surface area contributed by atoms with Gasteiger partial charge in [-0.3, -0.25) is 4.55 Å². The monoisotopic (exact) mass is 274 g/mol. The minimum Gasteiger partial charge on any atom is -0.285 e. The van der Waals surface area contributed by atoms with E-state index in [1.165, 1.54) is 0 Å². The van der Waals surface area contributed by atoms with Crippen molar-refractivity contribution in [3.05, 3.63) is 34.3 Å². The maximum atomic E-state index is 12.4. The molecule has 0 unspecified atom stereocenters. The summed E-state index contributed by atoms with van der Waals surface area (Å²) in [6.45, 7) is 0. The molecule has 0 heterocycles. The van der Waals surface area contributed by atoms with Crippen LogP contribution in [0.25, 0.3) is 0 Å². The maximum Gasteiger partial charge on any atom is 0.417 e. The highest BCUT2D eigenvalue weighted by molar-refractivity contribution is 7.85. The number of rotatable bonds is 2. The van der Waals surface area contributed by atoms with E-state index in [9.17, 15) is 21.6 Å².